The molecule has 1 aromatic heterocycles. The van der Waals surface area contributed by atoms with Gasteiger partial charge in [-0.2, -0.15) is 0 Å². The first-order valence-electron chi connectivity index (χ1n) is 8.37. The highest BCUT2D eigenvalue weighted by Gasteiger charge is 2.53. The minimum absolute atomic E-state index is 0.247. The Morgan fingerprint density at radius 2 is 1.67 bits per heavy atom. The quantitative estimate of drug-likeness (QED) is 0.911. The third-order valence-corrected chi connectivity index (χ3v) is 7.61. The second-order valence-electron chi connectivity index (χ2n) is 8.01. The molecule has 1 heterocycles. The van der Waals surface area contributed by atoms with Crippen LogP contribution >= 0.6 is 11.3 Å². The Labute approximate surface area is 128 Å². The number of nitrogens with zero attached hydrogens (tertiary/aromatic N) is 1. The van der Waals surface area contributed by atoms with Crippen molar-refractivity contribution in [3.63, 3.8) is 0 Å². The maximum atomic E-state index is 11.6. The average Bonchev–Trinajstić information content (AvgIpc) is 3.15. The van der Waals surface area contributed by atoms with E-state index in [1.807, 2.05) is 0 Å². The van der Waals surface area contributed by atoms with Crippen LogP contribution in [-0.2, 0) is 5.41 Å². The Bertz CT molecular complexity index is 581. The zero-order chi connectivity index (χ0) is 14.2. The van der Waals surface area contributed by atoms with E-state index in [-0.39, 0.29) is 5.41 Å². The summed E-state index contributed by atoms with van der Waals surface area (Å²) in [7, 11) is 0. The van der Waals surface area contributed by atoms with Gasteiger partial charge in [0.25, 0.3) is 0 Å². The number of hydrogen-bond donors (Lipinski definition) is 1. The van der Waals surface area contributed by atoms with Gasteiger partial charge in [0.05, 0.1) is 10.7 Å². The molecule has 0 radical (unpaired) electrons. The second-order valence-corrected chi connectivity index (χ2v) is 9.01. The van der Waals surface area contributed by atoms with Crippen molar-refractivity contribution in [2.24, 2.45) is 17.8 Å². The summed E-state index contributed by atoms with van der Waals surface area (Å²) in [6.45, 7) is 0. The Kier molecular flexibility index (Phi) is 2.46. The average molecular weight is 303 g/mol. The number of rotatable bonds is 3. The van der Waals surface area contributed by atoms with Crippen molar-refractivity contribution >= 4 is 17.3 Å². The van der Waals surface area contributed by atoms with Gasteiger partial charge >= 0.3 is 5.97 Å². The zero-order valence-electron chi connectivity index (χ0n) is 12.2. The van der Waals surface area contributed by atoms with E-state index in [1.165, 1.54) is 54.9 Å². The van der Waals surface area contributed by atoms with E-state index < -0.39 is 5.97 Å². The van der Waals surface area contributed by atoms with Crippen LogP contribution in [0.2, 0.25) is 0 Å². The Morgan fingerprint density at radius 1 is 1.10 bits per heavy atom. The molecule has 1 aromatic rings. The highest BCUT2D eigenvalue weighted by atomic mass is 32.1. The van der Waals surface area contributed by atoms with Gasteiger partial charge in [-0.1, -0.05) is 0 Å². The molecule has 0 spiro atoms. The first-order chi connectivity index (χ1) is 10.1. The first-order valence-corrected chi connectivity index (χ1v) is 9.19. The molecule has 0 aromatic carbocycles. The van der Waals surface area contributed by atoms with Crippen LogP contribution in [0, 0.1) is 17.8 Å². The molecule has 0 saturated heterocycles. The molecule has 5 fully saturated rings. The molecule has 112 valence electrons. The van der Waals surface area contributed by atoms with E-state index in [0.717, 1.165) is 36.3 Å². The molecule has 5 aliphatic rings. The molecule has 6 rings (SSSR count). The van der Waals surface area contributed by atoms with Gasteiger partial charge in [0, 0.05) is 11.3 Å². The molecule has 21 heavy (non-hydrogen) atoms. The van der Waals surface area contributed by atoms with Gasteiger partial charge in [-0.25, -0.2) is 9.78 Å². The van der Waals surface area contributed by atoms with Crippen molar-refractivity contribution in [2.75, 3.05) is 0 Å². The summed E-state index contributed by atoms with van der Waals surface area (Å²) in [5.74, 6) is 2.34. The third kappa shape index (κ3) is 1.84. The van der Waals surface area contributed by atoms with Crippen LogP contribution in [0.25, 0.3) is 0 Å². The van der Waals surface area contributed by atoms with Gasteiger partial charge in [0.15, 0.2) is 0 Å². The zero-order valence-corrected chi connectivity index (χ0v) is 13.0. The van der Waals surface area contributed by atoms with E-state index in [9.17, 15) is 9.90 Å². The van der Waals surface area contributed by atoms with Gasteiger partial charge in [0.1, 0.15) is 4.88 Å². The fourth-order valence-corrected chi connectivity index (χ4v) is 6.93. The molecule has 4 heteroatoms. The van der Waals surface area contributed by atoms with Crippen LogP contribution in [0.3, 0.4) is 0 Å². The molecular formula is C17H21NO2S. The summed E-state index contributed by atoms with van der Waals surface area (Å²) in [6.07, 6.45) is 10.3. The summed E-state index contributed by atoms with van der Waals surface area (Å²) in [4.78, 5) is 17.0. The molecular weight excluding hydrogens is 282 g/mol. The van der Waals surface area contributed by atoms with Crippen molar-refractivity contribution in [1.29, 1.82) is 0 Å². The maximum Gasteiger partial charge on any atom is 0.347 e. The van der Waals surface area contributed by atoms with Crippen LogP contribution in [0.4, 0.5) is 0 Å². The number of thiazole rings is 1. The molecule has 0 unspecified atom stereocenters. The summed E-state index contributed by atoms with van der Waals surface area (Å²) in [5, 5.41) is 10.7. The lowest BCUT2D eigenvalue weighted by atomic mass is 9.50. The lowest BCUT2D eigenvalue weighted by molar-refractivity contribution is -0.00533. The van der Waals surface area contributed by atoms with Crippen LogP contribution in [0.5, 0.6) is 0 Å². The van der Waals surface area contributed by atoms with Crippen LogP contribution in [-0.4, -0.2) is 16.1 Å². The van der Waals surface area contributed by atoms with E-state index in [4.69, 9.17) is 4.98 Å². The van der Waals surface area contributed by atoms with E-state index >= 15 is 0 Å². The summed E-state index contributed by atoms with van der Waals surface area (Å²) in [6, 6.07) is 0. The van der Waals surface area contributed by atoms with Gasteiger partial charge < -0.3 is 5.11 Å². The Hall–Kier alpha value is -0.900. The monoisotopic (exact) mass is 303 g/mol. The van der Waals surface area contributed by atoms with E-state index in [0.29, 0.717) is 10.8 Å². The fraction of sp³-hybridized carbons (Fsp3) is 0.765. The number of carbonyl (C=O) groups is 1. The Balaban J connectivity index is 1.58. The fourth-order valence-electron chi connectivity index (χ4n) is 5.72. The topological polar surface area (TPSA) is 50.2 Å². The number of carboxylic acids is 1. The molecule has 1 N–H and O–H groups in total. The van der Waals surface area contributed by atoms with Gasteiger partial charge in [-0.3, -0.25) is 0 Å². The van der Waals surface area contributed by atoms with Crippen molar-refractivity contribution in [2.45, 2.75) is 62.7 Å². The molecule has 5 saturated carbocycles. The largest absolute Gasteiger partial charge is 0.477 e. The molecule has 4 bridgehead atoms. The van der Waals surface area contributed by atoms with Gasteiger partial charge in [-0.15, -0.1) is 11.3 Å². The molecule has 0 atom stereocenters. The minimum Gasteiger partial charge on any atom is -0.477 e. The molecule has 3 nitrogen and oxygen atoms in total. The van der Waals surface area contributed by atoms with Crippen LogP contribution in [0.15, 0.2) is 0 Å². The van der Waals surface area contributed by atoms with Crippen molar-refractivity contribution < 1.29 is 9.90 Å². The van der Waals surface area contributed by atoms with Crippen molar-refractivity contribution in [3.05, 3.63) is 15.6 Å². The number of hydrogen-bond acceptors (Lipinski definition) is 3. The number of aromatic nitrogens is 1. The molecule has 0 aliphatic heterocycles. The highest BCUT2D eigenvalue weighted by Crippen LogP contribution is 2.61. The van der Waals surface area contributed by atoms with Crippen LogP contribution in [0.1, 0.15) is 77.7 Å². The smallest absolute Gasteiger partial charge is 0.347 e. The molecule has 0 amide bonds. The summed E-state index contributed by atoms with van der Waals surface area (Å²) < 4.78 is 0. The Morgan fingerprint density at radius 3 is 2.14 bits per heavy atom. The van der Waals surface area contributed by atoms with Gasteiger partial charge in [-0.05, 0) is 69.1 Å². The second kappa shape index (κ2) is 4.09. The third-order valence-electron chi connectivity index (χ3n) is 6.30. The van der Waals surface area contributed by atoms with Gasteiger partial charge in [0.2, 0.25) is 0 Å². The predicted molar refractivity (Wildman–Crippen MR) is 80.9 cm³/mol. The normalized spacial score (nSPS) is 40.7. The SMILES string of the molecule is O=C(O)c1sc(C23CC4CC(CC(C4)C2)C3)nc1C1CC1. The standard InChI is InChI=1S/C17H21NO2S/c19-15(20)14-13(12-1-2-12)18-16(21-14)17-6-9-3-10(7-17)5-11(4-9)8-17/h9-12H,1-8H2,(H,19,20). The van der Waals surface area contributed by atoms with E-state index in [1.54, 1.807) is 0 Å². The highest BCUT2D eigenvalue weighted by molar-refractivity contribution is 7.13. The van der Waals surface area contributed by atoms with E-state index in [2.05, 4.69) is 0 Å². The summed E-state index contributed by atoms with van der Waals surface area (Å²) >= 11 is 1.51. The first kappa shape index (κ1) is 12.6. The molecule has 5 aliphatic carbocycles. The van der Waals surface area contributed by atoms with Crippen molar-refractivity contribution in [1.82, 2.24) is 4.98 Å². The number of carboxylic acid groups (broad SMARTS) is 1. The lowest BCUT2D eigenvalue weighted by Gasteiger charge is -2.56. The summed E-state index contributed by atoms with van der Waals surface area (Å²) in [5.41, 5.74) is 1.16. The minimum atomic E-state index is -0.759. The number of aromatic carboxylic acids is 1. The lowest BCUT2D eigenvalue weighted by Crippen LogP contribution is -2.48. The van der Waals surface area contributed by atoms with Crippen LogP contribution < -0.4 is 0 Å². The maximum absolute atomic E-state index is 11.6. The predicted octanol–water partition coefficient (Wildman–Crippen LogP) is 4.19. The van der Waals surface area contributed by atoms with Crippen molar-refractivity contribution in [3.8, 4) is 0 Å².